The van der Waals surface area contributed by atoms with Gasteiger partial charge in [-0.15, -0.1) is 0 Å². The van der Waals surface area contributed by atoms with Crippen LogP contribution in [0.4, 0.5) is 5.69 Å². The molecule has 0 amide bonds. The third-order valence-corrected chi connectivity index (χ3v) is 4.09. The third-order valence-electron chi connectivity index (χ3n) is 2.52. The second-order valence-corrected chi connectivity index (χ2v) is 5.34. The zero-order valence-corrected chi connectivity index (χ0v) is 12.3. The minimum Gasteiger partial charge on any atom is -0.397 e. The molecule has 1 aromatic heterocycles. The maximum Gasteiger partial charge on any atom is 0.0737 e. The van der Waals surface area contributed by atoms with Gasteiger partial charge in [-0.25, -0.2) is 0 Å². The lowest BCUT2D eigenvalue weighted by molar-refractivity contribution is 1.29. The minimum atomic E-state index is 0.322. The molecule has 18 heavy (non-hydrogen) atoms. The van der Waals surface area contributed by atoms with E-state index in [1.807, 2.05) is 6.92 Å². The Kier molecular flexibility index (Phi) is 3.93. The van der Waals surface area contributed by atoms with E-state index in [-0.39, 0.29) is 0 Å². The van der Waals surface area contributed by atoms with Crippen LogP contribution < -0.4 is 5.73 Å². The van der Waals surface area contributed by atoms with Gasteiger partial charge in [0.2, 0.25) is 0 Å². The maximum absolute atomic E-state index is 6.15. The summed E-state index contributed by atoms with van der Waals surface area (Å²) in [5.74, 6) is 0. The van der Waals surface area contributed by atoms with Crippen LogP contribution in [0.3, 0.4) is 0 Å². The van der Waals surface area contributed by atoms with E-state index < -0.39 is 0 Å². The summed E-state index contributed by atoms with van der Waals surface area (Å²) in [5, 5.41) is 1.31. The number of rotatable bonds is 1. The first-order valence-corrected chi connectivity index (χ1v) is 6.48. The molecule has 0 spiro atoms. The first-order valence-electron chi connectivity index (χ1n) is 4.97. The lowest BCUT2D eigenvalue weighted by Crippen LogP contribution is -1.94. The topological polar surface area (TPSA) is 38.9 Å². The van der Waals surface area contributed by atoms with E-state index in [0.29, 0.717) is 37.0 Å². The molecular weight excluding hydrogens is 314 g/mol. The second kappa shape index (κ2) is 5.14. The van der Waals surface area contributed by atoms with Crippen LogP contribution >= 0.6 is 46.4 Å². The number of nitrogens with two attached hydrogens (primary N) is 1. The van der Waals surface area contributed by atoms with Gasteiger partial charge in [0.15, 0.2) is 0 Å². The SMILES string of the molecule is Cc1cc(-c2c(Cl)c(Cl)cc(Cl)c2Cl)ncc1N. The van der Waals surface area contributed by atoms with Crippen LogP contribution in [0.1, 0.15) is 5.56 Å². The number of anilines is 1. The summed E-state index contributed by atoms with van der Waals surface area (Å²) in [4.78, 5) is 4.20. The monoisotopic (exact) mass is 320 g/mol. The van der Waals surface area contributed by atoms with E-state index in [9.17, 15) is 0 Å². The molecule has 1 heterocycles. The van der Waals surface area contributed by atoms with E-state index in [0.717, 1.165) is 5.56 Å². The molecule has 0 fully saturated rings. The lowest BCUT2D eigenvalue weighted by atomic mass is 10.1. The van der Waals surface area contributed by atoms with Crippen LogP contribution in [0.15, 0.2) is 18.3 Å². The van der Waals surface area contributed by atoms with Gasteiger partial charge in [-0.05, 0) is 24.6 Å². The number of hydrogen-bond donors (Lipinski definition) is 1. The Morgan fingerprint density at radius 2 is 1.56 bits per heavy atom. The van der Waals surface area contributed by atoms with Crippen LogP contribution in [0, 0.1) is 6.92 Å². The van der Waals surface area contributed by atoms with Gasteiger partial charge in [-0.2, -0.15) is 0 Å². The van der Waals surface area contributed by atoms with Crippen molar-refractivity contribution in [2.24, 2.45) is 0 Å². The Morgan fingerprint density at radius 1 is 1.00 bits per heavy atom. The predicted molar refractivity (Wildman–Crippen MR) is 78.9 cm³/mol. The Morgan fingerprint density at radius 3 is 2.06 bits per heavy atom. The fourth-order valence-electron chi connectivity index (χ4n) is 1.50. The normalized spacial score (nSPS) is 10.7. The number of pyridine rings is 1. The van der Waals surface area contributed by atoms with Crippen molar-refractivity contribution in [1.29, 1.82) is 0 Å². The average molecular weight is 322 g/mol. The van der Waals surface area contributed by atoms with E-state index in [1.165, 1.54) is 6.07 Å². The zero-order valence-electron chi connectivity index (χ0n) is 9.27. The van der Waals surface area contributed by atoms with Crippen molar-refractivity contribution in [2.75, 3.05) is 5.73 Å². The molecule has 0 aliphatic rings. The minimum absolute atomic E-state index is 0.322. The molecule has 0 aliphatic heterocycles. The molecular formula is C12H8Cl4N2. The van der Waals surface area contributed by atoms with Crippen LogP contribution in [-0.4, -0.2) is 4.98 Å². The van der Waals surface area contributed by atoms with Gasteiger partial charge in [0.05, 0.1) is 37.7 Å². The highest BCUT2D eigenvalue weighted by Gasteiger charge is 2.17. The average Bonchev–Trinajstić information content (AvgIpc) is 2.31. The Labute approximate surface area is 125 Å². The van der Waals surface area contributed by atoms with E-state index >= 15 is 0 Å². The van der Waals surface area contributed by atoms with Crippen molar-refractivity contribution in [2.45, 2.75) is 6.92 Å². The number of benzene rings is 1. The first-order chi connectivity index (χ1) is 8.41. The van der Waals surface area contributed by atoms with Crippen molar-refractivity contribution in [3.8, 4) is 11.3 Å². The molecule has 0 saturated heterocycles. The van der Waals surface area contributed by atoms with Crippen LogP contribution in [0.25, 0.3) is 11.3 Å². The lowest BCUT2D eigenvalue weighted by Gasteiger charge is -2.11. The van der Waals surface area contributed by atoms with Crippen molar-refractivity contribution in [3.63, 3.8) is 0 Å². The number of aromatic nitrogens is 1. The number of nitrogen functional groups attached to an aromatic ring is 1. The molecule has 2 N–H and O–H groups in total. The zero-order chi connectivity index (χ0) is 13.4. The molecule has 1 aromatic carbocycles. The van der Waals surface area contributed by atoms with E-state index in [2.05, 4.69) is 4.98 Å². The van der Waals surface area contributed by atoms with E-state index in [1.54, 1.807) is 12.3 Å². The van der Waals surface area contributed by atoms with Gasteiger partial charge in [0, 0.05) is 5.56 Å². The molecule has 2 rings (SSSR count). The summed E-state index contributed by atoms with van der Waals surface area (Å²) >= 11 is 24.3. The van der Waals surface area contributed by atoms with Crippen LogP contribution in [-0.2, 0) is 0 Å². The molecule has 6 heteroatoms. The highest BCUT2D eigenvalue weighted by molar-refractivity contribution is 6.50. The van der Waals surface area contributed by atoms with Gasteiger partial charge in [0.25, 0.3) is 0 Å². The Bertz CT molecular complexity index is 600. The summed E-state index contributed by atoms with van der Waals surface area (Å²) in [6.07, 6.45) is 1.55. The van der Waals surface area contributed by atoms with Gasteiger partial charge >= 0.3 is 0 Å². The fraction of sp³-hybridized carbons (Fsp3) is 0.0833. The third kappa shape index (κ3) is 2.39. The highest BCUT2D eigenvalue weighted by atomic mass is 35.5. The molecule has 0 aliphatic carbocycles. The van der Waals surface area contributed by atoms with Crippen molar-refractivity contribution in [3.05, 3.63) is 44.0 Å². The number of hydrogen-bond acceptors (Lipinski definition) is 2. The molecule has 0 atom stereocenters. The molecule has 0 bridgehead atoms. The second-order valence-electron chi connectivity index (χ2n) is 3.77. The Hall–Kier alpha value is -0.670. The summed E-state index contributed by atoms with van der Waals surface area (Å²) < 4.78 is 0. The standard InChI is InChI=1S/C12H8Cl4N2/c1-5-2-9(18-4-8(5)17)10-11(15)6(13)3-7(14)12(10)16/h2-4H,17H2,1H3. The number of aryl methyl sites for hydroxylation is 1. The van der Waals surface area contributed by atoms with Crippen LogP contribution in [0.5, 0.6) is 0 Å². The number of halogens is 4. The molecule has 0 saturated carbocycles. The predicted octanol–water partition coefficient (Wildman–Crippen LogP) is 5.25. The summed E-state index contributed by atoms with van der Waals surface area (Å²) in [7, 11) is 0. The summed E-state index contributed by atoms with van der Waals surface area (Å²) in [6.45, 7) is 1.87. The number of nitrogens with zero attached hydrogens (tertiary/aromatic N) is 1. The first kappa shape index (κ1) is 13.8. The van der Waals surface area contributed by atoms with Crippen molar-refractivity contribution in [1.82, 2.24) is 4.98 Å². The van der Waals surface area contributed by atoms with E-state index in [4.69, 9.17) is 52.1 Å². The largest absolute Gasteiger partial charge is 0.397 e. The highest BCUT2D eigenvalue weighted by Crippen LogP contribution is 2.42. The van der Waals surface area contributed by atoms with Crippen molar-refractivity contribution >= 4 is 52.1 Å². The molecule has 2 aromatic rings. The maximum atomic E-state index is 6.15. The summed E-state index contributed by atoms with van der Waals surface area (Å²) in [5.41, 5.74) is 8.29. The van der Waals surface area contributed by atoms with Gasteiger partial charge in [0.1, 0.15) is 0 Å². The van der Waals surface area contributed by atoms with Crippen molar-refractivity contribution < 1.29 is 0 Å². The molecule has 2 nitrogen and oxygen atoms in total. The van der Waals surface area contributed by atoms with Gasteiger partial charge in [-0.1, -0.05) is 46.4 Å². The smallest absolute Gasteiger partial charge is 0.0737 e. The van der Waals surface area contributed by atoms with Gasteiger partial charge < -0.3 is 5.73 Å². The Balaban J connectivity index is 2.74. The quantitative estimate of drug-likeness (QED) is 0.728. The van der Waals surface area contributed by atoms with Crippen LogP contribution in [0.2, 0.25) is 20.1 Å². The molecule has 94 valence electrons. The summed E-state index contributed by atoms with van der Waals surface area (Å²) in [6, 6.07) is 3.29. The molecule has 0 unspecified atom stereocenters. The molecule has 0 radical (unpaired) electrons. The van der Waals surface area contributed by atoms with Gasteiger partial charge in [-0.3, -0.25) is 4.98 Å². The fourth-order valence-corrected chi connectivity index (χ4v) is 2.50.